The van der Waals surface area contributed by atoms with Gasteiger partial charge in [-0.1, -0.05) is 18.3 Å². The number of nitrogens with zero attached hydrogens (tertiary/aromatic N) is 3. The highest BCUT2D eigenvalue weighted by Crippen LogP contribution is 2.29. The highest BCUT2D eigenvalue weighted by atomic mass is 32.2. The topological polar surface area (TPSA) is 104 Å². The Morgan fingerprint density at radius 3 is 3.00 bits per heavy atom. The van der Waals surface area contributed by atoms with Crippen LogP contribution in [0.15, 0.2) is 29.6 Å². The lowest BCUT2D eigenvalue weighted by atomic mass is 10.2. The molecule has 1 amide bonds. The van der Waals surface area contributed by atoms with Crippen molar-refractivity contribution in [3.8, 4) is 11.5 Å². The second-order valence-electron chi connectivity index (χ2n) is 5.35. The summed E-state index contributed by atoms with van der Waals surface area (Å²) in [4.78, 5) is 27.0. The second-order valence-corrected chi connectivity index (χ2v) is 6.31. The van der Waals surface area contributed by atoms with Gasteiger partial charge in [-0.15, -0.1) is 4.98 Å². The van der Waals surface area contributed by atoms with Crippen LogP contribution in [-0.4, -0.2) is 38.8 Å². The van der Waals surface area contributed by atoms with Crippen molar-refractivity contribution in [1.82, 2.24) is 15.0 Å². The Bertz CT molecular complexity index is 1030. The van der Waals surface area contributed by atoms with Crippen molar-refractivity contribution < 1.29 is 14.6 Å². The van der Waals surface area contributed by atoms with Gasteiger partial charge in [-0.3, -0.25) is 4.79 Å². The number of rotatable bonds is 5. The van der Waals surface area contributed by atoms with Crippen molar-refractivity contribution in [3.63, 3.8) is 0 Å². The summed E-state index contributed by atoms with van der Waals surface area (Å²) in [6, 6.07) is 4.63. The number of carbonyl (C=O) groups is 1. The van der Waals surface area contributed by atoms with E-state index in [1.54, 1.807) is 25.3 Å². The minimum Gasteiger partial charge on any atom is -0.504 e. The fourth-order valence-electron chi connectivity index (χ4n) is 2.35. The molecule has 26 heavy (non-hydrogen) atoms. The van der Waals surface area contributed by atoms with E-state index in [1.807, 2.05) is 0 Å². The highest BCUT2D eigenvalue weighted by molar-refractivity contribution is 7.99. The summed E-state index contributed by atoms with van der Waals surface area (Å²) < 4.78 is 4.96. The van der Waals surface area contributed by atoms with E-state index in [4.69, 9.17) is 11.3 Å². The number of benzene rings is 1. The van der Waals surface area contributed by atoms with E-state index in [9.17, 15) is 9.90 Å². The molecule has 0 saturated heterocycles. The molecule has 0 unspecified atom stereocenters. The first-order valence-corrected chi connectivity index (χ1v) is 8.52. The molecule has 0 radical (unpaired) electrons. The number of hydrogen-bond donors (Lipinski definition) is 3. The minimum absolute atomic E-state index is 0.0474. The van der Waals surface area contributed by atoms with Gasteiger partial charge < -0.3 is 25.0 Å². The first kappa shape index (κ1) is 17.6. The van der Waals surface area contributed by atoms with Crippen molar-refractivity contribution in [1.29, 1.82) is 0 Å². The van der Waals surface area contributed by atoms with Crippen LogP contribution in [0.1, 0.15) is 5.56 Å². The monoisotopic (exact) mass is 369 g/mol. The van der Waals surface area contributed by atoms with Crippen LogP contribution in [0.2, 0.25) is 0 Å². The van der Waals surface area contributed by atoms with Gasteiger partial charge in [0.2, 0.25) is 5.91 Å². The number of nitrogens with one attached hydrogen (secondary N) is 2. The molecule has 3 aromatic rings. The maximum absolute atomic E-state index is 12.1. The molecule has 0 spiro atoms. The number of anilines is 1. The summed E-state index contributed by atoms with van der Waals surface area (Å²) in [6.07, 6.45) is 1.56. The summed E-state index contributed by atoms with van der Waals surface area (Å²) >= 11 is 1.24. The Balaban J connectivity index is 1.66. The molecular formula is C17H15N5O3S. The number of pyridine rings is 1. The summed E-state index contributed by atoms with van der Waals surface area (Å²) in [5.41, 5.74) is 2.57. The number of imidazole rings is 1. The number of carbonyl (C=O) groups excluding carboxylic acids is 1. The molecule has 2 heterocycles. The SMILES string of the molecule is [C-]#[N+]c1ncc2[nH]c(SCC(=O)Nc3ccc(OC)c(O)c3)nc2c1C. The molecule has 8 nitrogen and oxygen atoms in total. The van der Waals surface area contributed by atoms with Gasteiger partial charge in [0, 0.05) is 17.3 Å². The molecular weight excluding hydrogens is 354 g/mol. The number of amides is 1. The normalized spacial score (nSPS) is 10.5. The summed E-state index contributed by atoms with van der Waals surface area (Å²) in [5, 5.41) is 13.0. The van der Waals surface area contributed by atoms with Crippen LogP contribution in [0.5, 0.6) is 11.5 Å². The van der Waals surface area contributed by atoms with Gasteiger partial charge in [-0.05, 0) is 19.1 Å². The standard InChI is InChI=1S/C17H15N5O3S/c1-9-15-11(7-19-16(9)18-2)21-17(22-15)26-8-14(24)20-10-4-5-13(25-3)12(23)6-10/h4-7,23H,8H2,1,3H3,(H,20,24)(H,21,22). The number of aromatic amines is 1. The Hall–Kier alpha value is -3.25. The molecule has 0 fully saturated rings. The third-order valence-corrected chi connectivity index (χ3v) is 4.50. The Morgan fingerprint density at radius 1 is 1.50 bits per heavy atom. The molecule has 0 aliphatic carbocycles. The molecule has 0 atom stereocenters. The smallest absolute Gasteiger partial charge is 0.274 e. The molecule has 0 bridgehead atoms. The van der Waals surface area contributed by atoms with E-state index in [1.165, 1.54) is 24.9 Å². The van der Waals surface area contributed by atoms with E-state index >= 15 is 0 Å². The predicted molar refractivity (Wildman–Crippen MR) is 98.9 cm³/mol. The van der Waals surface area contributed by atoms with Crippen molar-refractivity contribution in [2.45, 2.75) is 12.1 Å². The number of H-pyrrole nitrogens is 1. The molecule has 0 aliphatic rings. The number of ether oxygens (including phenoxy) is 1. The fraction of sp³-hybridized carbons (Fsp3) is 0.176. The maximum Gasteiger partial charge on any atom is 0.274 e. The van der Waals surface area contributed by atoms with Crippen LogP contribution in [0.3, 0.4) is 0 Å². The van der Waals surface area contributed by atoms with E-state index in [0.29, 0.717) is 33.5 Å². The Kier molecular flexibility index (Phi) is 4.95. The number of aryl methyl sites for hydroxylation is 1. The molecule has 132 valence electrons. The zero-order chi connectivity index (χ0) is 18.7. The maximum atomic E-state index is 12.1. The quantitative estimate of drug-likeness (QED) is 0.471. The number of phenolic OH excluding ortho intramolecular Hbond substituents is 1. The third kappa shape index (κ3) is 3.55. The van der Waals surface area contributed by atoms with Crippen molar-refractivity contribution in [2.75, 3.05) is 18.2 Å². The van der Waals surface area contributed by atoms with Gasteiger partial charge in [0.25, 0.3) is 5.82 Å². The third-order valence-electron chi connectivity index (χ3n) is 3.63. The van der Waals surface area contributed by atoms with Crippen LogP contribution in [0.25, 0.3) is 15.9 Å². The van der Waals surface area contributed by atoms with Crippen LogP contribution in [-0.2, 0) is 4.79 Å². The number of thioether (sulfide) groups is 1. The molecule has 2 aromatic heterocycles. The van der Waals surface area contributed by atoms with Gasteiger partial charge in [-0.25, -0.2) is 4.98 Å². The lowest BCUT2D eigenvalue weighted by molar-refractivity contribution is -0.113. The van der Waals surface area contributed by atoms with E-state index < -0.39 is 0 Å². The number of aromatic hydroxyl groups is 1. The number of methoxy groups -OCH3 is 1. The van der Waals surface area contributed by atoms with Crippen LogP contribution >= 0.6 is 11.8 Å². The Labute approximate surface area is 153 Å². The summed E-state index contributed by atoms with van der Waals surface area (Å²) in [6.45, 7) is 8.88. The Morgan fingerprint density at radius 2 is 2.31 bits per heavy atom. The molecule has 0 aliphatic heterocycles. The lowest BCUT2D eigenvalue weighted by Crippen LogP contribution is -2.14. The molecule has 3 rings (SSSR count). The number of fused-ring (bicyclic) bond motifs is 1. The van der Waals surface area contributed by atoms with E-state index in [2.05, 4.69) is 25.1 Å². The van der Waals surface area contributed by atoms with Crippen LogP contribution < -0.4 is 10.1 Å². The molecule has 0 saturated carbocycles. The van der Waals surface area contributed by atoms with Gasteiger partial charge in [-0.2, -0.15) is 0 Å². The number of hydrogen-bond acceptors (Lipinski definition) is 6. The summed E-state index contributed by atoms with van der Waals surface area (Å²) in [5.74, 6) is 0.500. The molecule has 3 N–H and O–H groups in total. The van der Waals surface area contributed by atoms with Crippen LogP contribution in [0, 0.1) is 13.5 Å². The minimum atomic E-state index is -0.239. The van der Waals surface area contributed by atoms with Gasteiger partial charge in [0.1, 0.15) is 11.7 Å². The lowest BCUT2D eigenvalue weighted by Gasteiger charge is -2.07. The zero-order valence-corrected chi connectivity index (χ0v) is 14.8. The summed E-state index contributed by atoms with van der Waals surface area (Å²) in [7, 11) is 1.45. The van der Waals surface area contributed by atoms with Gasteiger partial charge >= 0.3 is 0 Å². The van der Waals surface area contributed by atoms with Crippen molar-refractivity contribution >= 4 is 40.2 Å². The largest absolute Gasteiger partial charge is 0.504 e. The number of phenols is 1. The first-order valence-electron chi connectivity index (χ1n) is 7.54. The van der Waals surface area contributed by atoms with Gasteiger partial charge in [0.15, 0.2) is 16.7 Å². The van der Waals surface area contributed by atoms with Crippen molar-refractivity contribution in [2.24, 2.45) is 0 Å². The van der Waals surface area contributed by atoms with Crippen molar-refractivity contribution in [3.05, 3.63) is 41.4 Å². The average Bonchev–Trinajstić information content (AvgIpc) is 3.05. The molecule has 1 aromatic carbocycles. The zero-order valence-electron chi connectivity index (χ0n) is 14.0. The van der Waals surface area contributed by atoms with E-state index in [-0.39, 0.29) is 17.4 Å². The predicted octanol–water partition coefficient (Wildman–Crippen LogP) is 3.26. The van der Waals surface area contributed by atoms with E-state index in [0.717, 1.165) is 5.52 Å². The second kappa shape index (κ2) is 7.33. The molecule has 9 heteroatoms. The fourth-order valence-corrected chi connectivity index (χ4v) is 3.03. The van der Waals surface area contributed by atoms with Crippen LogP contribution in [0.4, 0.5) is 11.5 Å². The first-order chi connectivity index (χ1) is 12.5. The highest BCUT2D eigenvalue weighted by Gasteiger charge is 2.13. The number of aromatic nitrogens is 3. The average molecular weight is 369 g/mol. The van der Waals surface area contributed by atoms with Gasteiger partial charge in [0.05, 0.1) is 18.4 Å².